The summed E-state index contributed by atoms with van der Waals surface area (Å²) in [5.74, 6) is -0.200. The minimum atomic E-state index is -0.492. The molecule has 0 radical (unpaired) electrons. The van der Waals surface area contributed by atoms with Crippen LogP contribution in [0.4, 0.5) is 16.2 Å². The largest absolute Gasteiger partial charge is 0.341 e. The van der Waals surface area contributed by atoms with E-state index < -0.39 is 6.04 Å². The zero-order chi connectivity index (χ0) is 14.3. The third-order valence-electron chi connectivity index (χ3n) is 2.57. The first-order valence-corrected chi connectivity index (χ1v) is 6.22. The van der Waals surface area contributed by atoms with Gasteiger partial charge in [0.2, 0.25) is 5.91 Å². The van der Waals surface area contributed by atoms with Gasteiger partial charge < -0.3 is 21.7 Å². The third kappa shape index (κ3) is 4.97. The van der Waals surface area contributed by atoms with E-state index in [-0.39, 0.29) is 11.9 Å². The molecule has 0 heterocycles. The molecule has 0 unspecified atom stereocenters. The Morgan fingerprint density at radius 2 is 1.68 bits per heavy atom. The van der Waals surface area contributed by atoms with Crippen molar-refractivity contribution in [2.75, 3.05) is 17.7 Å². The molecule has 0 spiro atoms. The van der Waals surface area contributed by atoms with Crippen LogP contribution in [0.2, 0.25) is 0 Å². The van der Waals surface area contributed by atoms with Crippen molar-refractivity contribution in [3.05, 3.63) is 24.3 Å². The van der Waals surface area contributed by atoms with E-state index in [1.807, 2.05) is 6.92 Å². The van der Waals surface area contributed by atoms with E-state index in [1.54, 1.807) is 31.3 Å². The summed E-state index contributed by atoms with van der Waals surface area (Å²) in [6.07, 6.45) is 1.52. The van der Waals surface area contributed by atoms with Crippen molar-refractivity contribution in [3.63, 3.8) is 0 Å². The van der Waals surface area contributed by atoms with E-state index in [1.165, 1.54) is 0 Å². The lowest BCUT2D eigenvalue weighted by Gasteiger charge is -2.11. The Morgan fingerprint density at radius 1 is 1.16 bits per heavy atom. The molecule has 1 aromatic carbocycles. The van der Waals surface area contributed by atoms with Gasteiger partial charge in [-0.1, -0.05) is 13.3 Å². The Bertz CT molecular complexity index is 431. The molecule has 3 amide bonds. The highest BCUT2D eigenvalue weighted by atomic mass is 16.2. The van der Waals surface area contributed by atoms with Gasteiger partial charge in [0.05, 0.1) is 6.04 Å². The molecular weight excluding hydrogens is 244 g/mol. The number of hydrogen-bond donors (Lipinski definition) is 4. The van der Waals surface area contributed by atoms with Crippen LogP contribution in [0.5, 0.6) is 0 Å². The first-order valence-electron chi connectivity index (χ1n) is 6.22. The molecule has 6 heteroatoms. The average Bonchev–Trinajstić information content (AvgIpc) is 2.41. The SMILES string of the molecule is CCC[C@H](N)C(=O)Nc1ccc(NC(=O)NC)cc1. The molecule has 0 aliphatic rings. The number of benzene rings is 1. The van der Waals surface area contributed by atoms with E-state index in [4.69, 9.17) is 5.73 Å². The monoisotopic (exact) mass is 264 g/mol. The van der Waals surface area contributed by atoms with Crippen LogP contribution in [0.25, 0.3) is 0 Å². The molecule has 0 saturated heterocycles. The Balaban J connectivity index is 2.57. The van der Waals surface area contributed by atoms with Crippen molar-refractivity contribution >= 4 is 23.3 Å². The van der Waals surface area contributed by atoms with Gasteiger partial charge >= 0.3 is 6.03 Å². The number of nitrogens with two attached hydrogens (primary N) is 1. The van der Waals surface area contributed by atoms with Crippen LogP contribution >= 0.6 is 0 Å². The van der Waals surface area contributed by atoms with Crippen molar-refractivity contribution in [2.45, 2.75) is 25.8 Å². The second-order valence-electron chi connectivity index (χ2n) is 4.17. The standard InChI is InChI=1S/C13H20N4O2/c1-3-4-11(14)12(18)16-9-5-7-10(8-6-9)17-13(19)15-2/h5-8,11H,3-4,14H2,1-2H3,(H,16,18)(H2,15,17,19)/t11-/m0/s1. The average molecular weight is 264 g/mol. The molecule has 1 rings (SSSR count). The lowest BCUT2D eigenvalue weighted by molar-refractivity contribution is -0.117. The zero-order valence-corrected chi connectivity index (χ0v) is 11.2. The van der Waals surface area contributed by atoms with E-state index in [2.05, 4.69) is 16.0 Å². The summed E-state index contributed by atoms with van der Waals surface area (Å²) in [7, 11) is 1.54. The van der Waals surface area contributed by atoms with Crippen molar-refractivity contribution in [3.8, 4) is 0 Å². The summed E-state index contributed by atoms with van der Waals surface area (Å²) in [6, 6.07) is 6.05. The summed E-state index contributed by atoms with van der Waals surface area (Å²) in [6.45, 7) is 1.98. The van der Waals surface area contributed by atoms with E-state index in [0.717, 1.165) is 6.42 Å². The predicted molar refractivity (Wildman–Crippen MR) is 76.0 cm³/mol. The summed E-state index contributed by atoms with van der Waals surface area (Å²) in [5, 5.41) is 7.81. The number of carbonyl (C=O) groups excluding carboxylic acids is 2. The maximum Gasteiger partial charge on any atom is 0.318 e. The fourth-order valence-corrected chi connectivity index (χ4v) is 1.51. The summed E-state index contributed by atoms with van der Waals surface area (Å²) in [4.78, 5) is 22.8. The number of rotatable bonds is 5. The molecule has 0 aromatic heterocycles. The van der Waals surface area contributed by atoms with Crippen molar-refractivity contribution in [1.29, 1.82) is 0 Å². The topological polar surface area (TPSA) is 96.2 Å². The Morgan fingerprint density at radius 3 is 2.16 bits per heavy atom. The second-order valence-corrected chi connectivity index (χ2v) is 4.17. The highest BCUT2D eigenvalue weighted by Crippen LogP contribution is 2.13. The smallest absolute Gasteiger partial charge is 0.318 e. The van der Waals surface area contributed by atoms with Gasteiger partial charge in [-0.25, -0.2) is 4.79 Å². The van der Waals surface area contributed by atoms with Crippen LogP contribution in [0, 0.1) is 0 Å². The van der Waals surface area contributed by atoms with Crippen LogP contribution in [-0.4, -0.2) is 25.0 Å². The van der Waals surface area contributed by atoms with Crippen molar-refractivity contribution in [2.24, 2.45) is 5.73 Å². The maximum absolute atomic E-state index is 11.7. The van der Waals surface area contributed by atoms with Gasteiger partial charge in [0.25, 0.3) is 0 Å². The molecule has 104 valence electrons. The van der Waals surface area contributed by atoms with E-state index in [9.17, 15) is 9.59 Å². The van der Waals surface area contributed by atoms with E-state index >= 15 is 0 Å². The summed E-state index contributed by atoms with van der Waals surface area (Å²) >= 11 is 0. The highest BCUT2D eigenvalue weighted by Gasteiger charge is 2.12. The van der Waals surface area contributed by atoms with Gasteiger partial charge in [0, 0.05) is 18.4 Å². The van der Waals surface area contributed by atoms with Crippen LogP contribution in [0.15, 0.2) is 24.3 Å². The fourth-order valence-electron chi connectivity index (χ4n) is 1.51. The number of amides is 3. The van der Waals surface area contributed by atoms with Gasteiger partial charge in [0.15, 0.2) is 0 Å². The lowest BCUT2D eigenvalue weighted by atomic mass is 10.1. The van der Waals surface area contributed by atoms with Gasteiger partial charge in [-0.3, -0.25) is 4.79 Å². The van der Waals surface area contributed by atoms with Gasteiger partial charge in [-0.05, 0) is 30.7 Å². The molecule has 0 fully saturated rings. The normalized spacial score (nSPS) is 11.5. The van der Waals surface area contributed by atoms with Crippen molar-refractivity contribution in [1.82, 2.24) is 5.32 Å². The number of urea groups is 1. The first kappa shape index (κ1) is 15.0. The predicted octanol–water partition coefficient (Wildman–Crippen LogP) is 1.50. The molecular formula is C13H20N4O2. The molecule has 19 heavy (non-hydrogen) atoms. The molecule has 5 N–H and O–H groups in total. The summed E-state index contributed by atoms with van der Waals surface area (Å²) in [5.41, 5.74) is 7.01. The number of nitrogens with one attached hydrogen (secondary N) is 3. The van der Waals surface area contributed by atoms with Crippen LogP contribution in [0.3, 0.4) is 0 Å². The Kier molecular flexibility index (Phi) is 5.81. The second kappa shape index (κ2) is 7.38. The third-order valence-corrected chi connectivity index (χ3v) is 2.57. The minimum Gasteiger partial charge on any atom is -0.341 e. The van der Waals surface area contributed by atoms with Crippen LogP contribution in [0.1, 0.15) is 19.8 Å². The molecule has 1 aromatic rings. The number of anilines is 2. The highest BCUT2D eigenvalue weighted by molar-refractivity contribution is 5.95. The number of carbonyl (C=O) groups is 2. The minimum absolute atomic E-state index is 0.200. The van der Waals surface area contributed by atoms with Crippen LogP contribution < -0.4 is 21.7 Å². The molecule has 6 nitrogen and oxygen atoms in total. The van der Waals surface area contributed by atoms with Gasteiger partial charge in [0.1, 0.15) is 0 Å². The maximum atomic E-state index is 11.7. The first-order chi connectivity index (χ1) is 9.06. The Hall–Kier alpha value is -2.08. The van der Waals surface area contributed by atoms with E-state index in [0.29, 0.717) is 17.8 Å². The molecule has 0 aliphatic heterocycles. The Labute approximate surface area is 112 Å². The fraction of sp³-hybridized carbons (Fsp3) is 0.385. The molecule has 0 bridgehead atoms. The molecule has 0 saturated carbocycles. The van der Waals surface area contributed by atoms with Gasteiger partial charge in [-0.2, -0.15) is 0 Å². The van der Waals surface area contributed by atoms with Crippen molar-refractivity contribution < 1.29 is 9.59 Å². The van der Waals surface area contributed by atoms with Crippen LogP contribution in [-0.2, 0) is 4.79 Å². The number of hydrogen-bond acceptors (Lipinski definition) is 3. The summed E-state index contributed by atoms with van der Waals surface area (Å²) < 4.78 is 0. The quantitative estimate of drug-likeness (QED) is 0.649. The molecule has 0 aliphatic carbocycles. The van der Waals surface area contributed by atoms with Gasteiger partial charge in [-0.15, -0.1) is 0 Å². The zero-order valence-electron chi connectivity index (χ0n) is 11.2. The molecule has 1 atom stereocenters. The lowest BCUT2D eigenvalue weighted by Crippen LogP contribution is -2.35.